The summed E-state index contributed by atoms with van der Waals surface area (Å²) >= 11 is 0. The SMILES string of the molecule is COc1ccc(-c2ccc(N3CC4CCCC(C3)N4C)nn2)cc1OC. The van der Waals surface area contributed by atoms with Crippen molar-refractivity contribution in [3.05, 3.63) is 30.3 Å². The Hall–Kier alpha value is -2.34. The highest BCUT2D eigenvalue weighted by molar-refractivity contribution is 5.64. The fourth-order valence-corrected chi connectivity index (χ4v) is 4.15. The highest BCUT2D eigenvalue weighted by Gasteiger charge is 2.35. The van der Waals surface area contributed by atoms with Gasteiger partial charge in [-0.2, -0.15) is 0 Å². The second-order valence-corrected chi connectivity index (χ2v) is 7.16. The summed E-state index contributed by atoms with van der Waals surface area (Å²) in [7, 11) is 5.54. The van der Waals surface area contributed by atoms with Crippen LogP contribution in [0.15, 0.2) is 30.3 Å². The number of likely N-dealkylation sites (N-methyl/N-ethyl adjacent to an activating group) is 1. The molecule has 0 N–H and O–H groups in total. The first-order valence-electron chi connectivity index (χ1n) is 9.22. The molecule has 2 atom stereocenters. The van der Waals surface area contributed by atoms with Crippen molar-refractivity contribution >= 4 is 5.82 Å². The molecule has 2 aliphatic rings. The summed E-state index contributed by atoms with van der Waals surface area (Å²) in [6.07, 6.45) is 3.90. The van der Waals surface area contributed by atoms with Gasteiger partial charge in [0, 0.05) is 30.7 Å². The van der Waals surface area contributed by atoms with Crippen LogP contribution in [0.1, 0.15) is 19.3 Å². The van der Waals surface area contributed by atoms with Gasteiger partial charge in [0.05, 0.1) is 19.9 Å². The van der Waals surface area contributed by atoms with Gasteiger partial charge in [-0.1, -0.05) is 6.42 Å². The summed E-state index contributed by atoms with van der Waals surface area (Å²) in [6.45, 7) is 2.08. The topological polar surface area (TPSA) is 50.7 Å². The molecule has 26 heavy (non-hydrogen) atoms. The molecule has 3 heterocycles. The first-order valence-corrected chi connectivity index (χ1v) is 9.22. The molecule has 2 bridgehead atoms. The van der Waals surface area contributed by atoms with E-state index in [1.54, 1.807) is 14.2 Å². The van der Waals surface area contributed by atoms with E-state index in [4.69, 9.17) is 9.47 Å². The van der Waals surface area contributed by atoms with Crippen LogP contribution in [0.25, 0.3) is 11.3 Å². The maximum atomic E-state index is 5.38. The average Bonchev–Trinajstić information content (AvgIpc) is 2.67. The van der Waals surface area contributed by atoms with Crippen molar-refractivity contribution in [1.29, 1.82) is 0 Å². The van der Waals surface area contributed by atoms with Gasteiger partial charge >= 0.3 is 0 Å². The quantitative estimate of drug-likeness (QED) is 0.842. The van der Waals surface area contributed by atoms with E-state index >= 15 is 0 Å². The third-order valence-electron chi connectivity index (χ3n) is 5.74. The fraction of sp³-hybridized carbons (Fsp3) is 0.500. The summed E-state index contributed by atoms with van der Waals surface area (Å²) in [5.41, 5.74) is 1.81. The minimum atomic E-state index is 0.634. The molecule has 0 spiro atoms. The van der Waals surface area contributed by atoms with E-state index < -0.39 is 0 Å². The second kappa shape index (κ2) is 7.11. The maximum absolute atomic E-state index is 5.38. The third kappa shape index (κ3) is 3.09. The zero-order chi connectivity index (χ0) is 18.1. The lowest BCUT2D eigenvalue weighted by Gasteiger charge is -2.48. The Labute approximate surface area is 154 Å². The van der Waals surface area contributed by atoms with Crippen LogP contribution in [0, 0.1) is 0 Å². The Morgan fingerprint density at radius 2 is 1.65 bits per heavy atom. The van der Waals surface area contributed by atoms with Crippen LogP contribution < -0.4 is 14.4 Å². The average molecular weight is 354 g/mol. The first kappa shape index (κ1) is 17.1. The number of piperazine rings is 1. The van der Waals surface area contributed by atoms with Crippen LogP contribution in [0.5, 0.6) is 11.5 Å². The van der Waals surface area contributed by atoms with Crippen molar-refractivity contribution in [3.8, 4) is 22.8 Å². The lowest BCUT2D eigenvalue weighted by Crippen LogP contribution is -2.59. The molecule has 2 aliphatic heterocycles. The molecule has 2 fully saturated rings. The van der Waals surface area contributed by atoms with E-state index in [1.807, 2.05) is 24.3 Å². The summed E-state index contributed by atoms with van der Waals surface area (Å²) in [6, 6.07) is 11.2. The molecule has 6 heteroatoms. The van der Waals surface area contributed by atoms with Crippen molar-refractivity contribution < 1.29 is 9.47 Å². The Morgan fingerprint density at radius 1 is 0.923 bits per heavy atom. The predicted molar refractivity (Wildman–Crippen MR) is 102 cm³/mol. The largest absolute Gasteiger partial charge is 0.493 e. The number of ether oxygens (including phenoxy) is 2. The summed E-state index contributed by atoms with van der Waals surface area (Å²) in [5.74, 6) is 2.38. The minimum absolute atomic E-state index is 0.634. The van der Waals surface area contributed by atoms with E-state index in [1.165, 1.54) is 19.3 Å². The van der Waals surface area contributed by atoms with Crippen LogP contribution in [0.2, 0.25) is 0 Å². The number of hydrogen-bond acceptors (Lipinski definition) is 6. The first-order chi connectivity index (χ1) is 12.7. The number of aromatic nitrogens is 2. The number of rotatable bonds is 4. The van der Waals surface area contributed by atoms with Gasteiger partial charge in [0.1, 0.15) is 0 Å². The van der Waals surface area contributed by atoms with Crippen molar-refractivity contribution in [2.24, 2.45) is 0 Å². The highest BCUT2D eigenvalue weighted by Crippen LogP contribution is 2.32. The van der Waals surface area contributed by atoms with Gasteiger partial charge in [-0.15, -0.1) is 10.2 Å². The van der Waals surface area contributed by atoms with Crippen LogP contribution in [-0.2, 0) is 0 Å². The zero-order valence-electron chi connectivity index (χ0n) is 15.7. The number of methoxy groups -OCH3 is 2. The number of anilines is 1. The summed E-state index contributed by atoms with van der Waals surface area (Å²) in [4.78, 5) is 4.94. The van der Waals surface area contributed by atoms with Crippen molar-refractivity contribution in [3.63, 3.8) is 0 Å². The van der Waals surface area contributed by atoms with Crippen molar-refractivity contribution in [1.82, 2.24) is 15.1 Å². The molecule has 1 aromatic heterocycles. The van der Waals surface area contributed by atoms with E-state index in [0.29, 0.717) is 23.6 Å². The normalized spacial score (nSPS) is 23.0. The number of piperidine rings is 1. The summed E-state index contributed by atoms with van der Waals surface area (Å²) < 4.78 is 10.7. The van der Waals surface area contributed by atoms with Gasteiger partial charge in [-0.3, -0.25) is 4.90 Å². The molecule has 2 aromatic rings. The van der Waals surface area contributed by atoms with Gasteiger partial charge in [-0.05, 0) is 50.2 Å². The van der Waals surface area contributed by atoms with E-state index in [0.717, 1.165) is 30.2 Å². The van der Waals surface area contributed by atoms with Crippen molar-refractivity contribution in [2.45, 2.75) is 31.3 Å². The van der Waals surface area contributed by atoms with E-state index in [2.05, 4.69) is 33.1 Å². The molecule has 2 saturated heterocycles. The van der Waals surface area contributed by atoms with Gasteiger partial charge < -0.3 is 14.4 Å². The molecule has 0 radical (unpaired) electrons. The van der Waals surface area contributed by atoms with Crippen LogP contribution in [0.4, 0.5) is 5.82 Å². The Bertz CT molecular complexity index is 751. The zero-order valence-corrected chi connectivity index (χ0v) is 15.7. The van der Waals surface area contributed by atoms with Crippen molar-refractivity contribution in [2.75, 3.05) is 39.3 Å². The Kier molecular flexibility index (Phi) is 4.68. The molecule has 138 valence electrons. The lowest BCUT2D eigenvalue weighted by atomic mass is 9.92. The van der Waals surface area contributed by atoms with Crippen LogP contribution in [0.3, 0.4) is 0 Å². The summed E-state index contributed by atoms with van der Waals surface area (Å²) in [5, 5.41) is 8.98. The van der Waals surface area contributed by atoms with Gasteiger partial charge in [-0.25, -0.2) is 0 Å². The molecule has 1 aromatic carbocycles. The molecule has 2 unspecified atom stereocenters. The number of fused-ring (bicyclic) bond motifs is 2. The molecular weight excluding hydrogens is 328 g/mol. The number of hydrogen-bond donors (Lipinski definition) is 0. The fourth-order valence-electron chi connectivity index (χ4n) is 4.15. The van der Waals surface area contributed by atoms with Gasteiger partial charge in [0.15, 0.2) is 17.3 Å². The molecule has 6 nitrogen and oxygen atoms in total. The minimum Gasteiger partial charge on any atom is -0.493 e. The molecule has 0 amide bonds. The predicted octanol–water partition coefficient (Wildman–Crippen LogP) is 2.83. The monoisotopic (exact) mass is 354 g/mol. The standard InChI is InChI=1S/C20H26N4O2/c1-23-15-5-4-6-16(23)13-24(12-15)20-10-8-17(21-22-20)14-7-9-18(25-2)19(11-14)26-3/h7-11,15-16H,4-6,12-13H2,1-3H3. The highest BCUT2D eigenvalue weighted by atomic mass is 16.5. The smallest absolute Gasteiger partial charge is 0.161 e. The van der Waals surface area contributed by atoms with Gasteiger partial charge in [0.2, 0.25) is 0 Å². The van der Waals surface area contributed by atoms with E-state index in [9.17, 15) is 0 Å². The number of benzene rings is 1. The molecule has 4 rings (SSSR count). The lowest BCUT2D eigenvalue weighted by molar-refractivity contribution is 0.0946. The third-order valence-corrected chi connectivity index (χ3v) is 5.74. The van der Waals surface area contributed by atoms with Gasteiger partial charge in [0.25, 0.3) is 0 Å². The molecule has 0 saturated carbocycles. The molecule has 0 aliphatic carbocycles. The second-order valence-electron chi connectivity index (χ2n) is 7.16. The van der Waals surface area contributed by atoms with Crippen LogP contribution in [-0.4, -0.2) is 61.5 Å². The van der Waals surface area contributed by atoms with E-state index in [-0.39, 0.29) is 0 Å². The Morgan fingerprint density at radius 3 is 2.27 bits per heavy atom. The van der Waals surface area contributed by atoms with Crippen LogP contribution >= 0.6 is 0 Å². The number of nitrogens with zero attached hydrogens (tertiary/aromatic N) is 4. The Balaban J connectivity index is 1.54. The maximum Gasteiger partial charge on any atom is 0.161 e. The molecular formula is C20H26N4O2.